The van der Waals surface area contributed by atoms with Crippen molar-refractivity contribution in [2.45, 2.75) is 12.5 Å². The van der Waals surface area contributed by atoms with Crippen molar-refractivity contribution in [1.29, 1.82) is 0 Å². The second-order valence-electron chi connectivity index (χ2n) is 6.23. The van der Waals surface area contributed by atoms with Crippen LogP contribution in [-0.2, 0) is 23.1 Å². The predicted molar refractivity (Wildman–Crippen MR) is 91.9 cm³/mol. The van der Waals surface area contributed by atoms with E-state index in [0.717, 1.165) is 17.7 Å². The van der Waals surface area contributed by atoms with Crippen LogP contribution < -0.4 is 10.6 Å². The summed E-state index contributed by atoms with van der Waals surface area (Å²) in [6, 6.07) is 7.08. The second kappa shape index (κ2) is 7.48. The van der Waals surface area contributed by atoms with E-state index >= 15 is 0 Å². The van der Waals surface area contributed by atoms with Crippen molar-refractivity contribution < 1.29 is 14.3 Å². The van der Waals surface area contributed by atoms with Crippen molar-refractivity contribution in [3.63, 3.8) is 0 Å². The van der Waals surface area contributed by atoms with Crippen molar-refractivity contribution in [2.24, 2.45) is 13.0 Å². The van der Waals surface area contributed by atoms with Crippen molar-refractivity contribution in [3.8, 4) is 0 Å². The summed E-state index contributed by atoms with van der Waals surface area (Å²) in [5.41, 5.74) is 2.41. The average Bonchev–Trinajstić information content (AvgIpc) is 3.27. The summed E-state index contributed by atoms with van der Waals surface area (Å²) in [5, 5.41) is 10.5. The van der Waals surface area contributed by atoms with E-state index in [1.807, 2.05) is 25.5 Å². The zero-order valence-electron chi connectivity index (χ0n) is 14.4. The molecule has 2 aromatic rings. The summed E-state index contributed by atoms with van der Waals surface area (Å²) in [7, 11) is 3.22. The molecule has 0 unspecified atom stereocenters. The monoisotopic (exact) mass is 342 g/mol. The van der Waals surface area contributed by atoms with Crippen LogP contribution >= 0.6 is 0 Å². The third-order valence-corrected chi connectivity index (χ3v) is 4.52. The highest BCUT2D eigenvalue weighted by atomic mass is 16.5. The number of aryl methyl sites for hydroxylation is 1. The van der Waals surface area contributed by atoms with Gasteiger partial charge in [-0.05, 0) is 23.3 Å². The maximum Gasteiger partial charge on any atom is 0.337 e. The number of carbonyl (C=O) groups excluding carboxylic acids is 2. The Hall–Kier alpha value is -2.67. The van der Waals surface area contributed by atoms with Crippen LogP contribution in [0.25, 0.3) is 0 Å². The van der Waals surface area contributed by atoms with Gasteiger partial charge in [0.1, 0.15) is 0 Å². The van der Waals surface area contributed by atoms with Gasteiger partial charge in [-0.15, -0.1) is 0 Å². The Bertz CT molecular complexity index is 771. The Kier molecular flexibility index (Phi) is 5.14. The van der Waals surface area contributed by atoms with Gasteiger partial charge in [-0.25, -0.2) is 4.79 Å². The molecule has 1 aromatic heterocycles. The number of rotatable bonds is 5. The smallest absolute Gasteiger partial charge is 0.337 e. The normalized spacial score (nSPS) is 19.6. The van der Waals surface area contributed by atoms with Crippen LogP contribution in [0.4, 0.5) is 0 Å². The molecule has 25 heavy (non-hydrogen) atoms. The molecule has 132 valence electrons. The van der Waals surface area contributed by atoms with E-state index in [4.69, 9.17) is 4.74 Å². The van der Waals surface area contributed by atoms with Gasteiger partial charge in [-0.1, -0.05) is 12.1 Å². The Morgan fingerprint density at radius 3 is 2.96 bits per heavy atom. The van der Waals surface area contributed by atoms with E-state index < -0.39 is 0 Å². The van der Waals surface area contributed by atoms with Gasteiger partial charge in [0.05, 0.1) is 24.8 Å². The lowest BCUT2D eigenvalue weighted by atomic mass is 9.90. The molecular weight excluding hydrogens is 320 g/mol. The molecule has 0 radical (unpaired) electrons. The van der Waals surface area contributed by atoms with E-state index in [0.29, 0.717) is 18.7 Å². The molecule has 2 N–H and O–H groups in total. The SMILES string of the molecule is COC(=O)c1cccc(CNC(=O)[C@H]2CNC[C@@H]2c2cnn(C)c2)c1. The Balaban J connectivity index is 1.63. The van der Waals surface area contributed by atoms with E-state index in [-0.39, 0.29) is 23.7 Å². The summed E-state index contributed by atoms with van der Waals surface area (Å²) in [6.07, 6.45) is 3.77. The number of nitrogens with one attached hydrogen (secondary N) is 2. The topological polar surface area (TPSA) is 85.2 Å². The molecule has 1 amide bonds. The van der Waals surface area contributed by atoms with Gasteiger partial charge in [-0.2, -0.15) is 5.10 Å². The van der Waals surface area contributed by atoms with Crippen molar-refractivity contribution in [2.75, 3.05) is 20.2 Å². The first kappa shape index (κ1) is 17.2. The number of carbonyl (C=O) groups is 2. The minimum absolute atomic E-state index is 0.00215. The number of hydrogen-bond acceptors (Lipinski definition) is 5. The molecule has 1 aromatic carbocycles. The first-order valence-electron chi connectivity index (χ1n) is 8.22. The van der Waals surface area contributed by atoms with Crippen LogP contribution in [0, 0.1) is 5.92 Å². The Labute approximate surface area is 146 Å². The van der Waals surface area contributed by atoms with E-state index in [2.05, 4.69) is 15.7 Å². The zero-order chi connectivity index (χ0) is 17.8. The number of amides is 1. The highest BCUT2D eigenvalue weighted by molar-refractivity contribution is 5.89. The van der Waals surface area contributed by atoms with Gasteiger partial charge in [0.2, 0.25) is 5.91 Å². The predicted octanol–water partition coefficient (Wildman–Crippen LogP) is 0.826. The minimum atomic E-state index is -0.384. The van der Waals surface area contributed by atoms with Crippen LogP contribution in [0.2, 0.25) is 0 Å². The highest BCUT2D eigenvalue weighted by Gasteiger charge is 2.34. The Morgan fingerprint density at radius 2 is 2.24 bits per heavy atom. The van der Waals surface area contributed by atoms with Crippen LogP contribution in [0.1, 0.15) is 27.4 Å². The molecule has 1 fully saturated rings. The summed E-state index contributed by atoms with van der Waals surface area (Å²) < 4.78 is 6.47. The molecule has 1 aliphatic heterocycles. The molecule has 0 aliphatic carbocycles. The molecule has 3 rings (SSSR count). The summed E-state index contributed by atoms with van der Waals surface area (Å²) in [6.45, 7) is 1.79. The van der Waals surface area contributed by atoms with Crippen molar-refractivity contribution >= 4 is 11.9 Å². The lowest BCUT2D eigenvalue weighted by molar-refractivity contribution is -0.125. The molecule has 1 saturated heterocycles. The second-order valence-corrected chi connectivity index (χ2v) is 6.23. The average molecular weight is 342 g/mol. The third-order valence-electron chi connectivity index (χ3n) is 4.52. The number of aromatic nitrogens is 2. The highest BCUT2D eigenvalue weighted by Crippen LogP contribution is 2.27. The van der Waals surface area contributed by atoms with Crippen LogP contribution in [0.15, 0.2) is 36.7 Å². The molecule has 2 atom stereocenters. The summed E-state index contributed by atoms with van der Waals surface area (Å²) in [4.78, 5) is 24.2. The molecule has 7 heteroatoms. The first-order chi connectivity index (χ1) is 12.1. The molecule has 0 spiro atoms. The number of hydrogen-bond donors (Lipinski definition) is 2. The van der Waals surface area contributed by atoms with Crippen LogP contribution in [0.3, 0.4) is 0 Å². The maximum atomic E-state index is 12.6. The Morgan fingerprint density at radius 1 is 1.40 bits per heavy atom. The number of ether oxygens (including phenoxy) is 1. The van der Waals surface area contributed by atoms with Gasteiger partial charge in [0.25, 0.3) is 0 Å². The van der Waals surface area contributed by atoms with Crippen molar-refractivity contribution in [1.82, 2.24) is 20.4 Å². The largest absolute Gasteiger partial charge is 0.465 e. The maximum absolute atomic E-state index is 12.6. The fourth-order valence-electron chi connectivity index (χ4n) is 3.18. The first-order valence-corrected chi connectivity index (χ1v) is 8.22. The molecule has 2 heterocycles. The van der Waals surface area contributed by atoms with Gasteiger partial charge >= 0.3 is 5.97 Å². The van der Waals surface area contributed by atoms with E-state index in [9.17, 15) is 9.59 Å². The molecule has 0 saturated carbocycles. The lowest BCUT2D eigenvalue weighted by Crippen LogP contribution is -2.34. The molecule has 1 aliphatic rings. The number of methoxy groups -OCH3 is 1. The van der Waals surface area contributed by atoms with Gasteiger partial charge in [0.15, 0.2) is 0 Å². The van der Waals surface area contributed by atoms with Crippen LogP contribution in [-0.4, -0.2) is 41.9 Å². The molecule has 7 nitrogen and oxygen atoms in total. The summed E-state index contributed by atoms with van der Waals surface area (Å²) >= 11 is 0. The van der Waals surface area contributed by atoms with E-state index in [1.54, 1.807) is 22.9 Å². The molecule has 0 bridgehead atoms. The van der Waals surface area contributed by atoms with Gasteiger partial charge in [-0.3, -0.25) is 9.48 Å². The molecular formula is C18H22N4O3. The number of esters is 1. The quantitative estimate of drug-likeness (QED) is 0.786. The van der Waals surface area contributed by atoms with Crippen molar-refractivity contribution in [3.05, 3.63) is 53.3 Å². The number of nitrogens with zero attached hydrogens (tertiary/aromatic N) is 2. The minimum Gasteiger partial charge on any atom is -0.465 e. The summed E-state index contributed by atoms with van der Waals surface area (Å²) in [5.74, 6) is -0.393. The lowest BCUT2D eigenvalue weighted by Gasteiger charge is -2.17. The van der Waals surface area contributed by atoms with Gasteiger partial charge < -0.3 is 15.4 Å². The van der Waals surface area contributed by atoms with Gasteiger partial charge in [0, 0.05) is 38.8 Å². The standard InChI is InChI=1S/C18H22N4O3/c1-22-11-14(8-21-22)15-9-19-10-16(15)17(23)20-7-12-4-3-5-13(6-12)18(24)25-2/h3-6,8,11,15-16,19H,7,9-10H2,1-2H3,(H,20,23)/t15-,16+/m1/s1. The third kappa shape index (κ3) is 3.88. The van der Waals surface area contributed by atoms with E-state index in [1.165, 1.54) is 7.11 Å². The number of benzene rings is 1. The zero-order valence-corrected chi connectivity index (χ0v) is 14.4. The fourth-order valence-corrected chi connectivity index (χ4v) is 3.18. The van der Waals surface area contributed by atoms with Crippen LogP contribution in [0.5, 0.6) is 0 Å². The fraction of sp³-hybridized carbons (Fsp3) is 0.389.